The zero-order valence-corrected chi connectivity index (χ0v) is 21.9. The molecule has 17 nitrogen and oxygen atoms in total. The Kier molecular flexibility index (Phi) is 8.38. The molecule has 3 N–H and O–H groups in total. The zero-order valence-electron chi connectivity index (χ0n) is 20.2. The number of thioether (sulfide) groups is 1. The van der Waals surface area contributed by atoms with Crippen molar-refractivity contribution >= 4 is 70.0 Å². The van der Waals surface area contributed by atoms with Gasteiger partial charge in [-0.05, 0) is 17.7 Å². The number of fused-ring (bicyclic) bond motifs is 1. The number of carbonyl (C=O) groups is 4. The lowest BCUT2D eigenvalue weighted by molar-refractivity contribution is -0.394. The van der Waals surface area contributed by atoms with Gasteiger partial charge < -0.3 is 20.4 Å². The normalized spacial score (nSPS) is 18.5. The van der Waals surface area contributed by atoms with Crippen molar-refractivity contribution < 1.29 is 44.1 Å². The molecule has 1 aromatic carbocycles. The zero-order chi connectivity index (χ0) is 29.8. The number of β-lactam (4-membered cyclic amide) rings is 1. The van der Waals surface area contributed by atoms with E-state index in [0.717, 1.165) is 46.2 Å². The molecule has 2 unspecified atom stereocenters. The predicted octanol–water partition coefficient (Wildman–Crippen LogP) is 1.22. The van der Waals surface area contributed by atoms with E-state index in [0.29, 0.717) is 0 Å². The van der Waals surface area contributed by atoms with Crippen LogP contribution in [0.5, 0.6) is 0 Å². The molecule has 41 heavy (non-hydrogen) atoms. The number of oxime groups is 1. The number of aliphatic carboxylic acids is 2. The lowest BCUT2D eigenvalue weighted by atomic mass is 10.0. The van der Waals surface area contributed by atoms with Crippen LogP contribution >= 0.6 is 23.1 Å². The molecule has 2 aromatic rings. The Morgan fingerprint density at radius 1 is 1.22 bits per heavy atom. The minimum Gasteiger partial charge on any atom is -0.479 e. The first-order valence-electron chi connectivity index (χ1n) is 11.1. The van der Waals surface area contributed by atoms with Gasteiger partial charge in [-0.2, -0.15) is 0 Å². The number of amides is 2. The van der Waals surface area contributed by atoms with Crippen LogP contribution in [0.15, 0.2) is 51.6 Å². The second-order valence-corrected chi connectivity index (χ2v) is 9.94. The van der Waals surface area contributed by atoms with Crippen LogP contribution in [0.2, 0.25) is 0 Å². The SMILES string of the molecule is O=C(O)CO/N=C(/C(=O)NC1C(=O)N2C(C(=O)O)=C(/C=C/c3ccc([N+](=O)[O-])cc3[N+](=O)[O-])CSC12)c1cscn1. The number of nitrogens with one attached hydrogen (secondary N) is 1. The summed E-state index contributed by atoms with van der Waals surface area (Å²) in [6.07, 6.45) is 2.49. The molecule has 2 amide bonds. The molecule has 19 heteroatoms. The van der Waals surface area contributed by atoms with Gasteiger partial charge in [0.1, 0.15) is 22.8 Å². The summed E-state index contributed by atoms with van der Waals surface area (Å²) in [4.78, 5) is 79.1. The summed E-state index contributed by atoms with van der Waals surface area (Å²) in [6.45, 7) is -0.832. The molecule has 0 bridgehead atoms. The average Bonchev–Trinajstić information content (AvgIpc) is 3.46. The smallest absolute Gasteiger partial charge is 0.352 e. The summed E-state index contributed by atoms with van der Waals surface area (Å²) in [5.41, 5.74) is -0.275. The number of non-ortho nitro benzene ring substituents is 1. The highest BCUT2D eigenvalue weighted by atomic mass is 32.2. The maximum absolute atomic E-state index is 13.0. The van der Waals surface area contributed by atoms with E-state index in [1.807, 2.05) is 0 Å². The third-order valence-corrected chi connectivity index (χ3v) is 7.50. The van der Waals surface area contributed by atoms with E-state index in [-0.39, 0.29) is 28.3 Å². The number of nitro groups is 2. The Bertz CT molecular complexity index is 1550. The summed E-state index contributed by atoms with van der Waals surface area (Å²) in [7, 11) is 0. The summed E-state index contributed by atoms with van der Waals surface area (Å²) >= 11 is 2.24. The number of carbonyl (C=O) groups excluding carboxylic acids is 2. The molecule has 3 heterocycles. The number of carboxylic acid groups (broad SMARTS) is 2. The van der Waals surface area contributed by atoms with Crippen LogP contribution in [0.4, 0.5) is 11.4 Å². The van der Waals surface area contributed by atoms with Gasteiger partial charge in [0.2, 0.25) is 6.61 Å². The van der Waals surface area contributed by atoms with Crippen LogP contribution in [0.25, 0.3) is 6.08 Å². The molecule has 0 aliphatic carbocycles. The third-order valence-electron chi connectivity index (χ3n) is 5.61. The first-order chi connectivity index (χ1) is 19.5. The van der Waals surface area contributed by atoms with Crippen molar-refractivity contribution in [3.63, 3.8) is 0 Å². The Morgan fingerprint density at radius 3 is 2.59 bits per heavy atom. The summed E-state index contributed by atoms with van der Waals surface area (Å²) in [6, 6.07) is 1.83. The van der Waals surface area contributed by atoms with Crippen LogP contribution in [-0.4, -0.2) is 83.2 Å². The fourth-order valence-electron chi connectivity index (χ4n) is 3.80. The number of allylic oxidation sites excluding steroid dienone is 1. The first kappa shape index (κ1) is 28.8. The van der Waals surface area contributed by atoms with E-state index >= 15 is 0 Å². The van der Waals surface area contributed by atoms with Crippen molar-refractivity contribution in [1.29, 1.82) is 0 Å². The summed E-state index contributed by atoms with van der Waals surface area (Å²) < 4.78 is 0. The first-order valence-corrected chi connectivity index (χ1v) is 13.1. The van der Waals surface area contributed by atoms with Crippen LogP contribution in [0, 0.1) is 20.2 Å². The molecule has 1 saturated heterocycles. The van der Waals surface area contributed by atoms with E-state index in [2.05, 4.69) is 20.3 Å². The monoisotopic (exact) mass is 604 g/mol. The van der Waals surface area contributed by atoms with Crippen molar-refractivity contribution in [1.82, 2.24) is 15.2 Å². The lowest BCUT2D eigenvalue weighted by Crippen LogP contribution is -2.71. The lowest BCUT2D eigenvalue weighted by Gasteiger charge is -2.49. The number of benzene rings is 1. The molecular formula is C22H16N6O11S2. The Labute approximate surface area is 236 Å². The van der Waals surface area contributed by atoms with Gasteiger partial charge in [0.05, 0.1) is 27.0 Å². The van der Waals surface area contributed by atoms with Gasteiger partial charge in [-0.1, -0.05) is 11.2 Å². The minimum absolute atomic E-state index is 0.0241. The summed E-state index contributed by atoms with van der Waals surface area (Å²) in [5, 5.41) is 47.6. The number of nitrogens with zero attached hydrogens (tertiary/aromatic N) is 5. The molecule has 2 aliphatic rings. The van der Waals surface area contributed by atoms with Gasteiger partial charge in [0, 0.05) is 17.2 Å². The standard InChI is InChI=1S/C22H16N6O11S2/c29-15(30)6-39-25-16(13-8-40-9-23-13)19(31)24-17-20(32)26-18(22(33)34)11(7-41-21(17)26)2-1-10-3-4-12(27(35)36)5-14(10)28(37)38/h1-5,8-9,17,21H,6-7H2,(H,24,31)(H,29,30)(H,33,34)/b2-1+,25-16+. The van der Waals surface area contributed by atoms with Crippen LogP contribution in [0.1, 0.15) is 11.3 Å². The number of hydrogen-bond acceptors (Lipinski definition) is 13. The highest BCUT2D eigenvalue weighted by Gasteiger charge is 2.54. The molecule has 0 radical (unpaired) electrons. The number of carboxylic acids is 2. The number of nitro benzene ring substituents is 2. The fraction of sp³-hybridized carbons (Fsp3) is 0.182. The Hall–Kier alpha value is -5.17. The van der Waals surface area contributed by atoms with Crippen molar-refractivity contribution in [2.75, 3.05) is 12.4 Å². The predicted molar refractivity (Wildman–Crippen MR) is 141 cm³/mol. The molecule has 2 atom stereocenters. The van der Waals surface area contributed by atoms with Crippen molar-refractivity contribution in [2.24, 2.45) is 5.16 Å². The van der Waals surface area contributed by atoms with E-state index in [4.69, 9.17) is 5.11 Å². The third kappa shape index (κ3) is 6.04. The second kappa shape index (κ2) is 11.9. The molecule has 1 aromatic heterocycles. The topological polar surface area (TPSA) is 245 Å². The maximum atomic E-state index is 13.0. The van der Waals surface area contributed by atoms with Crippen molar-refractivity contribution in [3.8, 4) is 0 Å². The Balaban J connectivity index is 1.56. The average molecular weight is 605 g/mol. The van der Waals surface area contributed by atoms with Gasteiger partial charge in [-0.25, -0.2) is 14.6 Å². The quantitative estimate of drug-likeness (QED) is 0.141. The van der Waals surface area contributed by atoms with Gasteiger partial charge in [0.25, 0.3) is 23.2 Å². The molecule has 0 saturated carbocycles. The van der Waals surface area contributed by atoms with Crippen molar-refractivity contribution in [2.45, 2.75) is 11.4 Å². The molecule has 4 rings (SSSR count). The van der Waals surface area contributed by atoms with Gasteiger partial charge >= 0.3 is 11.9 Å². The van der Waals surface area contributed by atoms with Gasteiger partial charge in [0.15, 0.2) is 5.71 Å². The largest absolute Gasteiger partial charge is 0.479 e. The molecule has 1 fully saturated rings. The van der Waals surface area contributed by atoms with Crippen LogP contribution in [-0.2, 0) is 24.0 Å². The fourth-order valence-corrected chi connectivity index (χ4v) is 5.66. The maximum Gasteiger partial charge on any atom is 0.352 e. The molecular weight excluding hydrogens is 588 g/mol. The van der Waals surface area contributed by atoms with Crippen LogP contribution in [0.3, 0.4) is 0 Å². The summed E-state index contributed by atoms with van der Waals surface area (Å²) in [5.74, 6) is -4.43. The van der Waals surface area contributed by atoms with Gasteiger partial charge in [-0.3, -0.25) is 34.7 Å². The van der Waals surface area contributed by atoms with Gasteiger partial charge in [-0.15, -0.1) is 23.1 Å². The van der Waals surface area contributed by atoms with E-state index < -0.39 is 68.7 Å². The number of aromatic nitrogens is 1. The number of hydrogen-bond donors (Lipinski definition) is 3. The second-order valence-electron chi connectivity index (χ2n) is 8.11. The Morgan fingerprint density at radius 2 is 1.98 bits per heavy atom. The van der Waals surface area contributed by atoms with E-state index in [1.165, 1.54) is 23.0 Å². The van der Waals surface area contributed by atoms with Crippen LogP contribution < -0.4 is 5.32 Å². The minimum atomic E-state index is -1.46. The molecule has 212 valence electrons. The van der Waals surface area contributed by atoms with E-state index in [9.17, 15) is 44.5 Å². The number of thiazole rings is 1. The van der Waals surface area contributed by atoms with Crippen molar-refractivity contribution in [3.05, 3.63) is 77.9 Å². The number of rotatable bonds is 11. The molecule has 0 spiro atoms. The highest BCUT2D eigenvalue weighted by molar-refractivity contribution is 8.00. The van der Waals surface area contributed by atoms with E-state index in [1.54, 1.807) is 0 Å². The highest BCUT2D eigenvalue weighted by Crippen LogP contribution is 2.41. The molecule has 2 aliphatic heterocycles.